The Labute approximate surface area is 273 Å². The van der Waals surface area contributed by atoms with Crippen LogP contribution in [0.25, 0.3) is 10.9 Å². The predicted octanol–water partition coefficient (Wildman–Crippen LogP) is 2.54. The van der Waals surface area contributed by atoms with E-state index in [9.17, 15) is 4.79 Å². The van der Waals surface area contributed by atoms with E-state index < -0.39 is 0 Å². The van der Waals surface area contributed by atoms with Crippen LogP contribution in [0, 0.1) is 0 Å². The summed E-state index contributed by atoms with van der Waals surface area (Å²) < 4.78 is 0. The van der Waals surface area contributed by atoms with E-state index in [2.05, 4.69) is 61.0 Å². The fourth-order valence-corrected chi connectivity index (χ4v) is 3.83. The third kappa shape index (κ3) is 17.2. The van der Waals surface area contributed by atoms with E-state index in [1.807, 2.05) is 63.5 Å². The second-order valence-electron chi connectivity index (χ2n) is 8.83. The second kappa shape index (κ2) is 25.7. The number of thiocarbonyl (C=S) groups is 1. The third-order valence-corrected chi connectivity index (χ3v) is 6.02. The molecule has 13 N–H and O–H groups in total. The van der Waals surface area contributed by atoms with Crippen molar-refractivity contribution < 1.29 is 4.79 Å². The van der Waals surface area contributed by atoms with E-state index in [0.717, 1.165) is 65.0 Å². The first-order valence-electron chi connectivity index (χ1n) is 14.5. The number of nitrogens with one attached hydrogen (secondary N) is 5. The van der Waals surface area contributed by atoms with Gasteiger partial charge in [-0.25, -0.2) is 0 Å². The molecule has 12 nitrogen and oxygen atoms in total. The first kappa shape index (κ1) is 40.3. The number of aliphatic imine (C=N–C) groups is 2. The summed E-state index contributed by atoms with van der Waals surface area (Å²) in [5.74, 6) is 0.0623. The lowest BCUT2D eigenvalue weighted by atomic mass is 10.1. The van der Waals surface area contributed by atoms with Gasteiger partial charge in [-0.2, -0.15) is 0 Å². The van der Waals surface area contributed by atoms with Gasteiger partial charge in [0.05, 0.1) is 25.1 Å². The number of aldehydes is 1. The van der Waals surface area contributed by atoms with Crippen LogP contribution >= 0.6 is 12.2 Å². The highest BCUT2D eigenvalue weighted by Crippen LogP contribution is 2.22. The Balaban J connectivity index is 0.00000189. The fourth-order valence-electron chi connectivity index (χ4n) is 3.62. The molecule has 13 heteroatoms. The number of hydrogen-bond acceptors (Lipinski definition) is 8. The van der Waals surface area contributed by atoms with Crippen molar-refractivity contribution in [2.24, 2.45) is 32.9 Å². The summed E-state index contributed by atoms with van der Waals surface area (Å²) in [5.41, 5.74) is 25.8. The Hall–Kier alpha value is -4.72. The summed E-state index contributed by atoms with van der Waals surface area (Å²) in [5, 5.41) is 13.8. The van der Waals surface area contributed by atoms with Crippen molar-refractivity contribution in [3.8, 4) is 0 Å². The minimum absolute atomic E-state index is 0.0623. The maximum absolute atomic E-state index is 10.6. The van der Waals surface area contributed by atoms with Crippen LogP contribution in [0.4, 0.5) is 5.69 Å². The molecule has 1 heterocycles. The molecule has 0 spiro atoms. The Morgan fingerprint density at radius 1 is 1.07 bits per heavy atom. The van der Waals surface area contributed by atoms with Crippen molar-refractivity contribution in [3.63, 3.8) is 0 Å². The predicted molar refractivity (Wildman–Crippen MR) is 198 cm³/mol. The molecule has 2 rings (SSSR count). The average Bonchev–Trinajstić information content (AvgIpc) is 3.47. The standard InChI is InChI=1S/C27H35N7OS.C4H11N3.CH5N/c1-4-8-21(12-10-19(5-2)23(30-3)9-6-7-16-35)33-22-13-11-20-17-25(34-24(20)18-22)26(36)31-14-15-32-27(28)29;1-6-2-3-7-4-5;1-2/h5-13,16-18,30,33-34H,4,14-15H2,1-3H3,(H,31,36)(H4,28,29,32);4,6H,2-3H2,1H3,(H2,5,7);2H2,1H3/b7-6+,12-10+,19-5-,21-8?,23-9+;;. The number of nitrogens with two attached hydrogens (primary N) is 4. The number of aromatic amines is 1. The number of carbonyl (C=O) groups is 1. The number of fused-ring (bicyclic) bond motifs is 1. The summed E-state index contributed by atoms with van der Waals surface area (Å²) >= 11 is 5.49. The molecule has 0 unspecified atom stereocenters. The molecule has 45 heavy (non-hydrogen) atoms. The summed E-state index contributed by atoms with van der Waals surface area (Å²) in [7, 11) is 5.23. The van der Waals surface area contributed by atoms with E-state index in [1.54, 1.807) is 6.08 Å². The lowest BCUT2D eigenvalue weighted by Gasteiger charge is -2.10. The molecule has 1 aromatic heterocycles. The van der Waals surface area contributed by atoms with E-state index in [4.69, 9.17) is 29.4 Å². The number of benzene rings is 1. The fraction of sp³-hybridized carbons (Fsp3) is 0.312. The van der Waals surface area contributed by atoms with Gasteiger partial charge in [-0.1, -0.05) is 49.5 Å². The molecule has 2 aromatic rings. The Morgan fingerprint density at radius 2 is 1.82 bits per heavy atom. The molecule has 0 aliphatic carbocycles. The Morgan fingerprint density at radius 3 is 2.42 bits per heavy atom. The lowest BCUT2D eigenvalue weighted by molar-refractivity contribution is -0.104. The molecule has 0 radical (unpaired) electrons. The number of nitrogens with zero attached hydrogens (tertiary/aromatic N) is 2. The maximum atomic E-state index is 10.6. The van der Waals surface area contributed by atoms with Crippen LogP contribution in [-0.2, 0) is 4.79 Å². The molecule has 0 atom stereocenters. The van der Waals surface area contributed by atoms with Gasteiger partial charge in [-0.3, -0.25) is 14.8 Å². The van der Waals surface area contributed by atoms with Crippen molar-refractivity contribution in [1.29, 1.82) is 0 Å². The van der Waals surface area contributed by atoms with Crippen molar-refractivity contribution in [2.75, 3.05) is 52.6 Å². The number of carbonyl (C=O) groups excluding carboxylic acids is 1. The molecule has 0 fully saturated rings. The molecule has 0 aliphatic rings. The minimum Gasteiger partial charge on any atom is -0.390 e. The van der Waals surface area contributed by atoms with Gasteiger partial charge in [0.1, 0.15) is 11.3 Å². The highest BCUT2D eigenvalue weighted by molar-refractivity contribution is 7.80. The molecule has 0 saturated heterocycles. The van der Waals surface area contributed by atoms with E-state index in [0.29, 0.717) is 18.1 Å². The number of aromatic nitrogens is 1. The zero-order chi connectivity index (χ0) is 33.9. The molecule has 246 valence electrons. The number of rotatable bonds is 16. The van der Waals surface area contributed by atoms with Crippen LogP contribution < -0.4 is 44.2 Å². The van der Waals surface area contributed by atoms with Gasteiger partial charge < -0.3 is 49.2 Å². The van der Waals surface area contributed by atoms with Crippen LogP contribution in [0.2, 0.25) is 0 Å². The number of likely N-dealkylation sites (N-methyl/N-ethyl adjacent to an activating group) is 2. The van der Waals surface area contributed by atoms with Gasteiger partial charge in [0.25, 0.3) is 0 Å². The van der Waals surface area contributed by atoms with Crippen molar-refractivity contribution >= 4 is 52.4 Å². The molecular formula is C32H51N11OS. The second-order valence-corrected chi connectivity index (χ2v) is 9.24. The van der Waals surface area contributed by atoms with E-state index in [-0.39, 0.29) is 5.96 Å². The highest BCUT2D eigenvalue weighted by atomic mass is 32.1. The third-order valence-electron chi connectivity index (χ3n) is 5.65. The monoisotopic (exact) mass is 637 g/mol. The zero-order valence-corrected chi connectivity index (χ0v) is 27.9. The zero-order valence-electron chi connectivity index (χ0n) is 27.1. The van der Waals surface area contributed by atoms with Crippen LogP contribution in [0.15, 0.2) is 93.7 Å². The first-order chi connectivity index (χ1) is 21.8. The summed E-state index contributed by atoms with van der Waals surface area (Å²) in [6.45, 7) is 6.73. The number of H-pyrrole nitrogens is 1. The largest absolute Gasteiger partial charge is 0.390 e. The molecule has 0 amide bonds. The summed E-state index contributed by atoms with van der Waals surface area (Å²) in [6, 6.07) is 8.15. The summed E-state index contributed by atoms with van der Waals surface area (Å²) in [4.78, 5) is 22.2. The highest BCUT2D eigenvalue weighted by Gasteiger charge is 2.07. The SMILES string of the molecule is C/C=C(/C=C/C(=CCC)Nc1ccc2cc(C(=S)NCCN=C(N)N)[nH]c2c1)C(=C/C=C/C=O)\NC.CN.CNCCN=CN. The van der Waals surface area contributed by atoms with Gasteiger partial charge >= 0.3 is 0 Å². The number of anilines is 1. The first-order valence-corrected chi connectivity index (χ1v) is 14.9. The number of allylic oxidation sites excluding steroid dienone is 7. The minimum atomic E-state index is 0.0623. The van der Waals surface area contributed by atoms with Crippen LogP contribution in [0.3, 0.4) is 0 Å². The van der Waals surface area contributed by atoms with Gasteiger partial charge in [0.2, 0.25) is 0 Å². The van der Waals surface area contributed by atoms with Crippen molar-refractivity contribution in [3.05, 3.63) is 89.5 Å². The topological polar surface area (TPSA) is 210 Å². The maximum Gasteiger partial charge on any atom is 0.185 e. The quantitative estimate of drug-likeness (QED) is 0.0250. The van der Waals surface area contributed by atoms with Gasteiger partial charge in [-0.05, 0) is 69.4 Å². The van der Waals surface area contributed by atoms with Crippen molar-refractivity contribution in [2.45, 2.75) is 20.3 Å². The van der Waals surface area contributed by atoms with Crippen LogP contribution in [0.1, 0.15) is 26.0 Å². The van der Waals surface area contributed by atoms with Gasteiger partial charge in [0, 0.05) is 48.1 Å². The molecule has 1 aromatic carbocycles. The lowest BCUT2D eigenvalue weighted by Crippen LogP contribution is -2.28. The summed E-state index contributed by atoms with van der Waals surface area (Å²) in [6.07, 6.45) is 16.2. The number of hydrogen-bond donors (Lipinski definition) is 9. The Kier molecular flexibility index (Phi) is 23.0. The molecule has 0 aliphatic heterocycles. The Bertz CT molecular complexity index is 1360. The van der Waals surface area contributed by atoms with E-state index in [1.165, 1.54) is 19.5 Å². The van der Waals surface area contributed by atoms with Gasteiger partial charge in [0.15, 0.2) is 5.96 Å². The number of guanidine groups is 1. The molecule has 0 saturated carbocycles. The van der Waals surface area contributed by atoms with Crippen LogP contribution in [0.5, 0.6) is 0 Å². The van der Waals surface area contributed by atoms with Crippen molar-refractivity contribution in [1.82, 2.24) is 20.9 Å². The molecular weight excluding hydrogens is 586 g/mol. The molecule has 0 bridgehead atoms. The average molecular weight is 638 g/mol. The van der Waals surface area contributed by atoms with Gasteiger partial charge in [-0.15, -0.1) is 0 Å². The van der Waals surface area contributed by atoms with Crippen LogP contribution in [-0.4, -0.2) is 75.9 Å². The normalized spacial score (nSPS) is 12.0. The smallest absolute Gasteiger partial charge is 0.185 e. The van der Waals surface area contributed by atoms with E-state index >= 15 is 0 Å².